The average Bonchev–Trinajstić information content (AvgIpc) is 3.47. The summed E-state index contributed by atoms with van der Waals surface area (Å²) in [5.74, 6) is -2.30. The van der Waals surface area contributed by atoms with E-state index in [0.717, 1.165) is 13.3 Å². The second kappa shape index (κ2) is 13.4. The highest BCUT2D eigenvalue weighted by Crippen LogP contribution is 2.62. The molecule has 0 radical (unpaired) electrons. The summed E-state index contributed by atoms with van der Waals surface area (Å²) in [5, 5.41) is 21.0. The number of ether oxygens (including phenoxy) is 4. The smallest absolute Gasteiger partial charge is 0.463 e. The molecular weight excluding hydrogens is 636 g/mol. The van der Waals surface area contributed by atoms with Crippen LogP contribution in [0.4, 0.5) is 5.82 Å². The first-order valence-corrected chi connectivity index (χ1v) is 16.1. The number of aromatic nitrogens is 4. The van der Waals surface area contributed by atoms with Gasteiger partial charge in [-0.1, -0.05) is 13.8 Å². The Kier molecular flexibility index (Phi) is 10.4. The highest BCUT2D eigenvalue weighted by molar-refractivity contribution is 7.61. The van der Waals surface area contributed by atoms with Crippen molar-refractivity contribution in [3.63, 3.8) is 0 Å². The summed E-state index contributed by atoms with van der Waals surface area (Å²) in [7, 11) is -10.9. The van der Waals surface area contributed by atoms with Gasteiger partial charge in [0.25, 0.3) is 0 Å². The van der Waals surface area contributed by atoms with E-state index in [2.05, 4.69) is 19.3 Å². The molecule has 0 saturated carbocycles. The quantitative estimate of drug-likeness (QED) is 0.152. The molecule has 2 aromatic rings. The van der Waals surface area contributed by atoms with Gasteiger partial charge in [0.05, 0.1) is 19.0 Å². The standard InChI is InChI=1S/C22H33N5O15P2/c1-9-10(2)18(38-12(4)29)22(40-13(9)5-36-11(3)28)41-44(34,35)42-43(32,33)37-6-14-16(30)17(31)21(39-14)27-8-26-15-19(23)24-7-25-20(15)27/h7-10,13-14,16-18,21-22,30-31H,5-6H2,1-4H3,(H,32,33)(H,34,35)(H2,23,24,25)/t9-,10-,13?,14+,16?,17-,18?,21+,22-/m0/s1. The van der Waals surface area contributed by atoms with Gasteiger partial charge in [0.15, 0.2) is 23.8 Å². The van der Waals surface area contributed by atoms with Crippen molar-refractivity contribution in [3.05, 3.63) is 12.7 Å². The number of hydrogen-bond acceptors (Lipinski definition) is 17. The molecular formula is C22H33N5O15P2. The van der Waals surface area contributed by atoms with Crippen molar-refractivity contribution in [1.82, 2.24) is 19.5 Å². The SMILES string of the molecule is CC(=O)OCC1O[C@@H](OP(=O)(O)OP(=O)(O)OC[C@H]2O[C@@H](n3cnc4c(N)ncnc43)[C@@H](O)C2O)C(OC(C)=O)[C@@H](C)[C@@H]1C. The molecule has 0 amide bonds. The number of nitrogen functional groups attached to an aromatic ring is 1. The molecule has 0 aliphatic carbocycles. The lowest BCUT2D eigenvalue weighted by Gasteiger charge is -2.43. The Balaban J connectivity index is 1.41. The van der Waals surface area contributed by atoms with Gasteiger partial charge in [-0.05, 0) is 5.92 Å². The number of anilines is 1. The van der Waals surface area contributed by atoms with Gasteiger partial charge in [-0.2, -0.15) is 4.31 Å². The van der Waals surface area contributed by atoms with E-state index in [1.54, 1.807) is 13.8 Å². The lowest BCUT2D eigenvalue weighted by atomic mass is 9.83. The molecule has 2 aliphatic heterocycles. The van der Waals surface area contributed by atoms with Gasteiger partial charge in [0.2, 0.25) is 6.29 Å². The van der Waals surface area contributed by atoms with E-state index in [1.807, 2.05) is 0 Å². The molecule has 2 fully saturated rings. The Hall–Kier alpha value is -2.61. The first-order chi connectivity index (χ1) is 20.5. The predicted molar refractivity (Wildman–Crippen MR) is 143 cm³/mol. The molecule has 0 spiro atoms. The summed E-state index contributed by atoms with van der Waals surface area (Å²) in [5.41, 5.74) is 6.13. The van der Waals surface area contributed by atoms with Gasteiger partial charge in [0, 0.05) is 19.8 Å². The van der Waals surface area contributed by atoms with Crippen LogP contribution in [-0.4, -0.2) is 101 Å². The lowest BCUT2D eigenvalue weighted by molar-refractivity contribution is -0.257. The van der Waals surface area contributed by atoms with Gasteiger partial charge in [-0.25, -0.2) is 24.1 Å². The molecule has 2 aliphatic rings. The summed E-state index contributed by atoms with van der Waals surface area (Å²) < 4.78 is 62.2. The van der Waals surface area contributed by atoms with E-state index in [0.29, 0.717) is 0 Å². The monoisotopic (exact) mass is 669 g/mol. The third-order valence-electron chi connectivity index (χ3n) is 7.11. The Bertz CT molecular complexity index is 1460. The molecule has 4 rings (SSSR count). The summed E-state index contributed by atoms with van der Waals surface area (Å²) >= 11 is 0. The molecule has 246 valence electrons. The Morgan fingerprint density at radius 3 is 2.34 bits per heavy atom. The predicted octanol–water partition coefficient (Wildman–Crippen LogP) is -0.230. The van der Waals surface area contributed by atoms with Crippen molar-refractivity contribution in [3.8, 4) is 0 Å². The molecule has 4 heterocycles. The Morgan fingerprint density at radius 1 is 0.977 bits per heavy atom. The number of imidazole rings is 1. The molecule has 22 heteroatoms. The first-order valence-electron chi connectivity index (χ1n) is 13.1. The summed E-state index contributed by atoms with van der Waals surface area (Å²) in [6.45, 7) is 4.42. The molecule has 44 heavy (non-hydrogen) atoms. The maximum atomic E-state index is 12.8. The van der Waals surface area contributed by atoms with Crippen molar-refractivity contribution in [2.24, 2.45) is 11.8 Å². The number of hydrogen-bond donors (Lipinski definition) is 5. The van der Waals surface area contributed by atoms with Crippen LogP contribution in [0.3, 0.4) is 0 Å². The first kappa shape index (κ1) is 34.3. The molecule has 5 unspecified atom stereocenters. The van der Waals surface area contributed by atoms with Crippen LogP contribution in [0.2, 0.25) is 0 Å². The van der Waals surface area contributed by atoms with E-state index in [1.165, 1.54) is 17.8 Å². The third kappa shape index (κ3) is 7.78. The van der Waals surface area contributed by atoms with Crippen LogP contribution in [0.25, 0.3) is 11.2 Å². The zero-order chi connectivity index (χ0) is 32.6. The zero-order valence-electron chi connectivity index (χ0n) is 23.8. The number of nitrogens with zero attached hydrogens (tertiary/aromatic N) is 4. The Labute approximate surface area is 249 Å². The van der Waals surface area contributed by atoms with Crippen LogP contribution >= 0.6 is 15.6 Å². The number of carbonyl (C=O) groups excluding carboxylic acids is 2. The summed E-state index contributed by atoms with van der Waals surface area (Å²) in [4.78, 5) is 55.4. The number of nitrogens with two attached hydrogens (primary N) is 1. The highest BCUT2D eigenvalue weighted by atomic mass is 31.3. The van der Waals surface area contributed by atoms with Crippen molar-refractivity contribution < 1.29 is 71.0 Å². The second-order valence-electron chi connectivity index (χ2n) is 10.2. The van der Waals surface area contributed by atoms with Crippen LogP contribution in [0, 0.1) is 11.8 Å². The molecule has 0 bridgehead atoms. The van der Waals surface area contributed by atoms with Crippen molar-refractivity contribution in [2.75, 3.05) is 18.9 Å². The minimum atomic E-state index is -5.50. The molecule has 2 saturated heterocycles. The number of fused-ring (bicyclic) bond motifs is 1. The van der Waals surface area contributed by atoms with E-state index < -0.39 is 89.1 Å². The molecule has 2 aromatic heterocycles. The molecule has 20 nitrogen and oxygen atoms in total. The topological polar surface area (TPSA) is 283 Å². The van der Waals surface area contributed by atoms with Gasteiger partial charge in [-0.3, -0.25) is 23.2 Å². The van der Waals surface area contributed by atoms with E-state index in [-0.39, 0.29) is 23.6 Å². The third-order valence-corrected chi connectivity index (χ3v) is 9.71. The number of rotatable bonds is 11. The van der Waals surface area contributed by atoms with Gasteiger partial charge < -0.3 is 44.7 Å². The minimum Gasteiger partial charge on any atom is -0.463 e. The maximum Gasteiger partial charge on any atom is 0.483 e. The fourth-order valence-electron chi connectivity index (χ4n) is 4.71. The highest BCUT2D eigenvalue weighted by Gasteiger charge is 2.50. The average molecular weight is 669 g/mol. The fraction of sp³-hybridized carbons (Fsp3) is 0.682. The van der Waals surface area contributed by atoms with E-state index >= 15 is 0 Å². The number of aliphatic hydroxyl groups is 2. The van der Waals surface area contributed by atoms with Crippen LogP contribution in [-0.2, 0) is 51.0 Å². The second-order valence-corrected chi connectivity index (χ2v) is 13.2. The van der Waals surface area contributed by atoms with Crippen molar-refractivity contribution in [2.45, 2.75) is 70.7 Å². The number of phosphoric acid groups is 2. The van der Waals surface area contributed by atoms with E-state index in [4.69, 9.17) is 33.7 Å². The minimum absolute atomic E-state index is 0.0531. The number of phosphoric ester groups is 2. The van der Waals surface area contributed by atoms with E-state index in [9.17, 15) is 38.7 Å². The zero-order valence-corrected chi connectivity index (χ0v) is 25.6. The van der Waals surface area contributed by atoms with Crippen LogP contribution in [0.1, 0.15) is 33.9 Å². The molecule has 6 N–H and O–H groups in total. The van der Waals surface area contributed by atoms with Crippen LogP contribution in [0.15, 0.2) is 12.7 Å². The largest absolute Gasteiger partial charge is 0.483 e. The van der Waals surface area contributed by atoms with Gasteiger partial charge in [0.1, 0.15) is 36.8 Å². The fourth-order valence-corrected chi connectivity index (χ4v) is 6.87. The van der Waals surface area contributed by atoms with Crippen molar-refractivity contribution in [1.29, 1.82) is 0 Å². The van der Waals surface area contributed by atoms with Gasteiger partial charge >= 0.3 is 27.6 Å². The molecule has 0 aromatic carbocycles. The molecule has 11 atom stereocenters. The summed E-state index contributed by atoms with van der Waals surface area (Å²) in [6.07, 6.45) is -7.52. The normalized spacial score (nSPS) is 33.4. The van der Waals surface area contributed by atoms with Gasteiger partial charge in [-0.15, -0.1) is 0 Å². The number of aliphatic hydroxyl groups excluding tert-OH is 2. The van der Waals surface area contributed by atoms with Crippen LogP contribution < -0.4 is 5.73 Å². The summed E-state index contributed by atoms with van der Waals surface area (Å²) in [6, 6.07) is 0. The lowest BCUT2D eigenvalue weighted by Crippen LogP contribution is -2.53. The van der Waals surface area contributed by atoms with Crippen LogP contribution in [0.5, 0.6) is 0 Å². The maximum absolute atomic E-state index is 12.8. The number of esters is 2. The number of carbonyl (C=O) groups is 2. The Morgan fingerprint density at radius 2 is 1.68 bits per heavy atom. The van der Waals surface area contributed by atoms with Crippen molar-refractivity contribution >= 4 is 44.6 Å².